The number of likely N-dealkylation sites (tertiary alicyclic amines) is 1. The van der Waals surface area contributed by atoms with Crippen molar-refractivity contribution in [2.75, 3.05) is 26.8 Å². The summed E-state index contributed by atoms with van der Waals surface area (Å²) in [6.07, 6.45) is 4.18. The molecular formula is C19H28N2O4. The Hall–Kier alpha value is -2.24. The molecule has 1 aliphatic rings. The minimum absolute atomic E-state index is 0.0456. The predicted molar refractivity (Wildman–Crippen MR) is 95.8 cm³/mol. The van der Waals surface area contributed by atoms with Crippen LogP contribution >= 0.6 is 0 Å². The third kappa shape index (κ3) is 5.96. The van der Waals surface area contributed by atoms with Crippen molar-refractivity contribution in [3.05, 3.63) is 24.3 Å². The van der Waals surface area contributed by atoms with Crippen molar-refractivity contribution in [2.45, 2.75) is 45.1 Å². The van der Waals surface area contributed by atoms with Crippen LogP contribution in [0.25, 0.3) is 0 Å². The third-order valence-corrected chi connectivity index (χ3v) is 4.38. The average Bonchev–Trinajstić information content (AvgIpc) is 2.65. The van der Waals surface area contributed by atoms with Crippen LogP contribution in [0.1, 0.15) is 39.0 Å². The second-order valence-corrected chi connectivity index (χ2v) is 6.27. The number of nitrogens with zero attached hydrogens (tertiary/aromatic N) is 1. The molecule has 1 aromatic rings. The standard InChI is InChI=1S/C19H28N2O4/c1-3-4-9-19(23)21-12-10-15(11-13-21)20-18(22)14-25-17-8-6-5-7-16(17)24-2/h5-8,15H,3-4,9-14H2,1-2H3,(H,20,22). The van der Waals surface area contributed by atoms with Crippen LogP contribution in [0.4, 0.5) is 0 Å². The molecule has 2 rings (SSSR count). The van der Waals surface area contributed by atoms with E-state index in [2.05, 4.69) is 12.2 Å². The zero-order valence-electron chi connectivity index (χ0n) is 15.1. The molecule has 0 bridgehead atoms. The highest BCUT2D eigenvalue weighted by Crippen LogP contribution is 2.25. The molecule has 0 aromatic heterocycles. The second-order valence-electron chi connectivity index (χ2n) is 6.27. The number of nitrogens with one attached hydrogen (secondary N) is 1. The monoisotopic (exact) mass is 348 g/mol. The van der Waals surface area contributed by atoms with Gasteiger partial charge in [-0.2, -0.15) is 0 Å². The highest BCUT2D eigenvalue weighted by atomic mass is 16.5. The van der Waals surface area contributed by atoms with E-state index in [1.54, 1.807) is 19.2 Å². The molecule has 138 valence electrons. The number of carbonyl (C=O) groups is 2. The first-order chi connectivity index (χ1) is 12.1. The van der Waals surface area contributed by atoms with Crippen molar-refractivity contribution < 1.29 is 19.1 Å². The van der Waals surface area contributed by atoms with Gasteiger partial charge in [-0.25, -0.2) is 0 Å². The zero-order chi connectivity index (χ0) is 18.1. The summed E-state index contributed by atoms with van der Waals surface area (Å²) >= 11 is 0. The van der Waals surface area contributed by atoms with Crippen LogP contribution in [0, 0.1) is 0 Å². The summed E-state index contributed by atoms with van der Waals surface area (Å²) in [6, 6.07) is 7.34. The van der Waals surface area contributed by atoms with Crippen molar-refractivity contribution in [1.29, 1.82) is 0 Å². The zero-order valence-corrected chi connectivity index (χ0v) is 15.1. The molecule has 1 heterocycles. The van der Waals surface area contributed by atoms with Gasteiger partial charge in [0.2, 0.25) is 5.91 Å². The second kappa shape index (κ2) is 9.91. The Morgan fingerprint density at radius 1 is 1.20 bits per heavy atom. The van der Waals surface area contributed by atoms with Crippen molar-refractivity contribution in [2.24, 2.45) is 0 Å². The Morgan fingerprint density at radius 2 is 1.88 bits per heavy atom. The lowest BCUT2D eigenvalue weighted by atomic mass is 10.0. The molecule has 0 spiro atoms. The fourth-order valence-electron chi connectivity index (χ4n) is 2.91. The van der Waals surface area contributed by atoms with Gasteiger partial charge in [0, 0.05) is 25.6 Å². The molecule has 0 radical (unpaired) electrons. The largest absolute Gasteiger partial charge is 0.493 e. The summed E-state index contributed by atoms with van der Waals surface area (Å²) < 4.78 is 10.7. The maximum Gasteiger partial charge on any atom is 0.258 e. The number of hydrogen-bond acceptors (Lipinski definition) is 4. The van der Waals surface area contributed by atoms with E-state index < -0.39 is 0 Å². The molecule has 1 saturated heterocycles. The maximum absolute atomic E-state index is 12.1. The van der Waals surface area contributed by atoms with Crippen LogP contribution in [-0.4, -0.2) is 49.6 Å². The number of hydrogen-bond donors (Lipinski definition) is 1. The van der Waals surface area contributed by atoms with E-state index in [0.717, 1.165) is 25.7 Å². The first-order valence-corrected chi connectivity index (χ1v) is 8.97. The first-order valence-electron chi connectivity index (χ1n) is 8.97. The summed E-state index contributed by atoms with van der Waals surface area (Å²) in [6.45, 7) is 3.46. The van der Waals surface area contributed by atoms with Crippen LogP contribution in [0.5, 0.6) is 11.5 Å². The van der Waals surface area contributed by atoms with Gasteiger partial charge in [0.15, 0.2) is 18.1 Å². The molecule has 25 heavy (non-hydrogen) atoms. The highest BCUT2D eigenvalue weighted by Gasteiger charge is 2.23. The van der Waals surface area contributed by atoms with Crippen molar-refractivity contribution in [3.63, 3.8) is 0 Å². The molecule has 6 heteroatoms. The number of amides is 2. The minimum atomic E-state index is -0.151. The van der Waals surface area contributed by atoms with Gasteiger partial charge in [-0.05, 0) is 31.4 Å². The van der Waals surface area contributed by atoms with Crippen molar-refractivity contribution in [3.8, 4) is 11.5 Å². The van der Waals surface area contributed by atoms with Gasteiger partial charge in [0.25, 0.3) is 5.91 Å². The molecule has 1 fully saturated rings. The topological polar surface area (TPSA) is 67.9 Å². The van der Waals surface area contributed by atoms with Gasteiger partial charge in [0.1, 0.15) is 0 Å². The minimum Gasteiger partial charge on any atom is -0.493 e. The van der Waals surface area contributed by atoms with E-state index in [9.17, 15) is 9.59 Å². The van der Waals surface area contributed by atoms with Crippen LogP contribution < -0.4 is 14.8 Å². The third-order valence-electron chi connectivity index (χ3n) is 4.38. The highest BCUT2D eigenvalue weighted by molar-refractivity contribution is 5.78. The molecule has 0 unspecified atom stereocenters. The molecule has 2 amide bonds. The van der Waals surface area contributed by atoms with Gasteiger partial charge in [-0.15, -0.1) is 0 Å². The summed E-state index contributed by atoms with van der Waals surface area (Å²) in [5.74, 6) is 1.23. The lowest BCUT2D eigenvalue weighted by Crippen LogP contribution is -2.47. The molecule has 6 nitrogen and oxygen atoms in total. The SMILES string of the molecule is CCCCC(=O)N1CCC(NC(=O)COc2ccccc2OC)CC1. The lowest BCUT2D eigenvalue weighted by molar-refractivity contribution is -0.132. The van der Waals surface area contributed by atoms with E-state index in [1.165, 1.54) is 0 Å². The molecule has 1 N–H and O–H groups in total. The van der Waals surface area contributed by atoms with Crippen molar-refractivity contribution >= 4 is 11.8 Å². The Bertz CT molecular complexity index is 568. The number of para-hydroxylation sites is 2. The molecule has 0 saturated carbocycles. The lowest BCUT2D eigenvalue weighted by Gasteiger charge is -2.32. The van der Waals surface area contributed by atoms with Gasteiger partial charge in [-0.3, -0.25) is 9.59 Å². The van der Waals surface area contributed by atoms with Crippen LogP contribution in [0.3, 0.4) is 0 Å². The Morgan fingerprint density at radius 3 is 2.52 bits per heavy atom. The van der Waals surface area contributed by atoms with Crippen LogP contribution in [-0.2, 0) is 9.59 Å². The van der Waals surface area contributed by atoms with E-state index in [0.29, 0.717) is 31.0 Å². The van der Waals surface area contributed by atoms with Gasteiger partial charge < -0.3 is 19.7 Å². The normalized spacial score (nSPS) is 14.9. The number of piperidine rings is 1. The Labute approximate surface area is 149 Å². The van der Waals surface area contributed by atoms with Gasteiger partial charge in [-0.1, -0.05) is 25.5 Å². The maximum atomic E-state index is 12.1. The quantitative estimate of drug-likeness (QED) is 0.783. The van der Waals surface area contributed by atoms with E-state index in [-0.39, 0.29) is 24.5 Å². The van der Waals surface area contributed by atoms with E-state index in [1.807, 2.05) is 17.0 Å². The van der Waals surface area contributed by atoms with Crippen molar-refractivity contribution in [1.82, 2.24) is 10.2 Å². The summed E-state index contributed by atoms with van der Waals surface area (Å²) in [5.41, 5.74) is 0. The number of ether oxygens (including phenoxy) is 2. The number of methoxy groups -OCH3 is 1. The van der Waals surface area contributed by atoms with Crippen LogP contribution in [0.2, 0.25) is 0 Å². The summed E-state index contributed by atoms with van der Waals surface area (Å²) in [4.78, 5) is 26.0. The number of carbonyl (C=O) groups excluding carboxylic acids is 2. The fraction of sp³-hybridized carbons (Fsp3) is 0.579. The summed E-state index contributed by atoms with van der Waals surface area (Å²) in [5, 5.41) is 2.99. The average molecular weight is 348 g/mol. The van der Waals surface area contributed by atoms with Crippen LogP contribution in [0.15, 0.2) is 24.3 Å². The Kier molecular flexibility index (Phi) is 7.57. The number of unbranched alkanes of at least 4 members (excludes halogenated alkanes) is 1. The molecule has 1 aromatic carbocycles. The summed E-state index contributed by atoms with van der Waals surface area (Å²) in [7, 11) is 1.57. The first kappa shape index (κ1) is 19.1. The fourth-order valence-corrected chi connectivity index (χ4v) is 2.91. The molecular weight excluding hydrogens is 320 g/mol. The smallest absolute Gasteiger partial charge is 0.258 e. The predicted octanol–water partition coefficient (Wildman–Crippen LogP) is 2.37. The number of benzene rings is 1. The van der Waals surface area contributed by atoms with E-state index in [4.69, 9.17) is 9.47 Å². The van der Waals surface area contributed by atoms with Gasteiger partial charge >= 0.3 is 0 Å². The van der Waals surface area contributed by atoms with Gasteiger partial charge in [0.05, 0.1) is 7.11 Å². The molecule has 1 aliphatic heterocycles. The molecule has 0 atom stereocenters. The Balaban J connectivity index is 1.71. The van der Waals surface area contributed by atoms with E-state index >= 15 is 0 Å². The number of rotatable bonds is 8. The molecule has 0 aliphatic carbocycles.